The van der Waals surface area contributed by atoms with Crippen LogP contribution in [0, 0.1) is 11.8 Å². The number of hydrogen-bond donors (Lipinski definition) is 7. The first-order valence-corrected chi connectivity index (χ1v) is 20.0. The zero-order valence-electron chi connectivity index (χ0n) is 33.0. The van der Waals surface area contributed by atoms with Crippen LogP contribution in [0.3, 0.4) is 0 Å². The maximum Gasteiger partial charge on any atom is 0.251 e. The third-order valence-electron chi connectivity index (χ3n) is 9.39. The van der Waals surface area contributed by atoms with Crippen LogP contribution in [0.2, 0.25) is 0 Å². The summed E-state index contributed by atoms with van der Waals surface area (Å²) in [5.41, 5.74) is 3.03. The highest BCUT2D eigenvalue weighted by atomic mass is 32.1. The van der Waals surface area contributed by atoms with Crippen LogP contribution in [0.15, 0.2) is 103 Å². The van der Waals surface area contributed by atoms with E-state index in [9.17, 15) is 29.4 Å². The molecular formula is C44H58N4O7S. The van der Waals surface area contributed by atoms with Crippen LogP contribution < -0.4 is 21.3 Å². The van der Waals surface area contributed by atoms with E-state index >= 15 is 0 Å². The number of aliphatic hydroxyl groups is 1. The van der Waals surface area contributed by atoms with Crippen LogP contribution in [-0.4, -0.2) is 71.4 Å². The molecule has 11 nitrogen and oxygen atoms in total. The average Bonchev–Trinajstić information content (AvgIpc) is 3.20. The molecule has 4 amide bonds. The Bertz CT molecular complexity index is 1770. The topological polar surface area (TPSA) is 166 Å². The lowest BCUT2D eigenvalue weighted by Gasteiger charge is -2.27. The van der Waals surface area contributed by atoms with Gasteiger partial charge in [0.15, 0.2) is 0 Å². The Morgan fingerprint density at radius 3 is 2.00 bits per heavy atom. The molecule has 2 unspecified atom stereocenters. The number of thiol groups is 1. The van der Waals surface area contributed by atoms with E-state index in [2.05, 4.69) is 46.0 Å². The summed E-state index contributed by atoms with van der Waals surface area (Å²) in [5.74, 6) is -3.15. The number of aromatic hydroxyl groups is 1. The molecule has 6 N–H and O–H groups in total. The largest absolute Gasteiger partial charge is 0.508 e. The van der Waals surface area contributed by atoms with Crippen molar-refractivity contribution in [2.24, 2.45) is 11.8 Å². The Morgan fingerprint density at radius 2 is 1.41 bits per heavy atom. The van der Waals surface area contributed by atoms with E-state index < -0.39 is 41.8 Å². The zero-order chi connectivity index (χ0) is 41.0. The van der Waals surface area contributed by atoms with Gasteiger partial charge in [0.25, 0.3) is 11.8 Å². The average molecular weight is 787 g/mol. The molecule has 1 aliphatic rings. The van der Waals surface area contributed by atoms with E-state index in [-0.39, 0.29) is 60.8 Å². The molecule has 5 atom stereocenters. The molecule has 3 aromatic rings. The van der Waals surface area contributed by atoms with E-state index in [0.717, 1.165) is 29.5 Å². The smallest absolute Gasteiger partial charge is 0.251 e. The van der Waals surface area contributed by atoms with E-state index in [1.54, 1.807) is 6.26 Å². The van der Waals surface area contributed by atoms with Crippen molar-refractivity contribution in [3.8, 4) is 5.75 Å². The molecule has 0 fully saturated rings. The number of benzene rings is 3. The monoisotopic (exact) mass is 786 g/mol. The molecule has 0 spiro atoms. The van der Waals surface area contributed by atoms with Crippen LogP contribution in [0.1, 0.15) is 91.3 Å². The number of carbonyl (C=O) groups is 4. The first-order chi connectivity index (χ1) is 26.9. The van der Waals surface area contributed by atoms with Crippen molar-refractivity contribution >= 4 is 36.3 Å². The van der Waals surface area contributed by atoms with E-state index in [1.807, 2.05) is 87.5 Å². The molecule has 0 aromatic heterocycles. The third-order valence-corrected chi connectivity index (χ3v) is 9.39. The van der Waals surface area contributed by atoms with Crippen LogP contribution in [0.25, 0.3) is 0 Å². The van der Waals surface area contributed by atoms with Crippen molar-refractivity contribution in [1.29, 1.82) is 0 Å². The number of ether oxygens (including phenoxy) is 1. The molecule has 3 aromatic carbocycles. The second kappa shape index (κ2) is 23.9. The highest BCUT2D eigenvalue weighted by Crippen LogP contribution is 2.20. The lowest BCUT2D eigenvalue weighted by Crippen LogP contribution is -2.52. The van der Waals surface area contributed by atoms with Gasteiger partial charge in [0, 0.05) is 17.7 Å². The zero-order valence-corrected chi connectivity index (χ0v) is 33.9. The van der Waals surface area contributed by atoms with Gasteiger partial charge in [-0.1, -0.05) is 92.7 Å². The first kappa shape index (κ1) is 45.5. The molecule has 0 heterocycles. The van der Waals surface area contributed by atoms with E-state index in [4.69, 9.17) is 4.74 Å². The van der Waals surface area contributed by atoms with Gasteiger partial charge >= 0.3 is 0 Å². The maximum absolute atomic E-state index is 13.7. The van der Waals surface area contributed by atoms with Crippen LogP contribution in [0.4, 0.5) is 0 Å². The predicted octanol–water partition coefficient (Wildman–Crippen LogP) is 6.06. The SMILES string of the molecule is CC(C)C(NC(=O)[C@@H](CC[C@H](COCc1ccccc1)NC(=O)c1cc(O)cc(C(=O)N[C@H](C)c2ccccc2)c1)C(C)O)C(=O)NCC1=CCCC=C1.CS. The Kier molecular flexibility index (Phi) is 19.4. The molecule has 0 bridgehead atoms. The van der Waals surface area contributed by atoms with Crippen molar-refractivity contribution in [3.63, 3.8) is 0 Å². The summed E-state index contributed by atoms with van der Waals surface area (Å²) in [5, 5.41) is 32.8. The molecule has 0 saturated heterocycles. The van der Waals surface area contributed by atoms with Gasteiger partial charge in [-0.25, -0.2) is 0 Å². The Hall–Kier alpha value is -4.91. The lowest BCUT2D eigenvalue weighted by atomic mass is 9.93. The molecule has 56 heavy (non-hydrogen) atoms. The summed E-state index contributed by atoms with van der Waals surface area (Å²) in [6, 6.07) is 21.2. The number of nitrogens with one attached hydrogen (secondary N) is 4. The van der Waals surface area contributed by atoms with Gasteiger partial charge < -0.3 is 36.2 Å². The van der Waals surface area contributed by atoms with Crippen molar-refractivity contribution in [2.45, 2.75) is 84.2 Å². The highest BCUT2D eigenvalue weighted by Gasteiger charge is 2.31. The Labute approximate surface area is 336 Å². The van der Waals surface area contributed by atoms with Gasteiger partial charge in [-0.3, -0.25) is 19.2 Å². The number of amides is 4. The van der Waals surface area contributed by atoms with Gasteiger partial charge in [0.2, 0.25) is 11.8 Å². The number of hydrogen-bond acceptors (Lipinski definition) is 8. The van der Waals surface area contributed by atoms with Gasteiger partial charge in [-0.2, -0.15) is 12.6 Å². The molecule has 0 saturated carbocycles. The van der Waals surface area contributed by atoms with Crippen LogP contribution >= 0.6 is 12.6 Å². The van der Waals surface area contributed by atoms with Crippen molar-refractivity contribution in [1.82, 2.24) is 21.3 Å². The fourth-order valence-corrected chi connectivity index (χ4v) is 6.20. The van der Waals surface area contributed by atoms with Crippen LogP contribution in [0.5, 0.6) is 5.75 Å². The summed E-state index contributed by atoms with van der Waals surface area (Å²) < 4.78 is 5.99. The minimum absolute atomic E-state index is 0.0654. The minimum Gasteiger partial charge on any atom is -0.508 e. The fraction of sp³-hybridized carbons (Fsp3) is 0.409. The molecule has 0 aliphatic heterocycles. The molecule has 0 radical (unpaired) electrons. The number of carbonyl (C=O) groups excluding carboxylic acids is 4. The highest BCUT2D eigenvalue weighted by molar-refractivity contribution is 7.79. The Balaban J connectivity index is 0.00000414. The van der Waals surface area contributed by atoms with Gasteiger partial charge in [-0.05, 0) is 86.6 Å². The van der Waals surface area contributed by atoms with Crippen molar-refractivity contribution < 1.29 is 34.1 Å². The molecule has 12 heteroatoms. The number of phenols is 1. The molecule has 1 aliphatic carbocycles. The standard InChI is InChI=1S/C43H54N4O7.CH4S/c1-28(2)39(43(53)44-25-31-14-8-5-9-15-31)47-42(52)38(30(4)48)21-20-36(27-54-26-32-16-10-6-11-17-32)46-41(51)35-22-34(23-37(49)24-35)40(50)45-29(3)33-18-12-7-13-19-33;1-2/h6-8,10-19,22-24,28-30,36,38-39,48-49H,5,9,20-21,25-27H2,1-4H3,(H,44,53)(H,45,50)(H,46,51)(H,47,52);2H,1H3/t29-,30?,36-,38+,39?;/m1./s1. The molecule has 302 valence electrons. The third kappa shape index (κ3) is 15.0. The maximum atomic E-state index is 13.7. The predicted molar refractivity (Wildman–Crippen MR) is 223 cm³/mol. The van der Waals surface area contributed by atoms with Gasteiger partial charge in [-0.15, -0.1) is 0 Å². The number of allylic oxidation sites excluding steroid dienone is 2. The summed E-state index contributed by atoms with van der Waals surface area (Å²) in [6.45, 7) is 7.77. The van der Waals surface area contributed by atoms with Crippen molar-refractivity contribution in [3.05, 3.63) is 125 Å². The summed E-state index contributed by atoms with van der Waals surface area (Å²) in [7, 11) is 0. The fourth-order valence-electron chi connectivity index (χ4n) is 6.20. The normalized spacial score (nSPS) is 14.8. The van der Waals surface area contributed by atoms with Gasteiger partial charge in [0.05, 0.1) is 37.3 Å². The Morgan fingerprint density at radius 1 is 0.786 bits per heavy atom. The van der Waals surface area contributed by atoms with Gasteiger partial charge in [0.1, 0.15) is 11.8 Å². The van der Waals surface area contributed by atoms with Crippen molar-refractivity contribution in [2.75, 3.05) is 19.4 Å². The second-order valence-electron chi connectivity index (χ2n) is 14.2. The minimum atomic E-state index is -1.05. The number of rotatable bonds is 19. The summed E-state index contributed by atoms with van der Waals surface area (Å²) in [4.78, 5) is 53.6. The molecule has 4 rings (SSSR count). The summed E-state index contributed by atoms with van der Waals surface area (Å²) in [6.07, 6.45) is 9.06. The summed E-state index contributed by atoms with van der Waals surface area (Å²) >= 11 is 3.53. The number of aliphatic hydroxyl groups excluding tert-OH is 1. The molecular weight excluding hydrogens is 729 g/mol. The van der Waals surface area contributed by atoms with E-state index in [0.29, 0.717) is 6.54 Å². The van der Waals surface area contributed by atoms with Crippen LogP contribution in [-0.2, 0) is 20.9 Å². The number of phenolic OH excluding ortho intramolecular Hbond substituents is 1. The lowest BCUT2D eigenvalue weighted by molar-refractivity contribution is -0.134. The quantitative estimate of drug-likeness (QED) is 0.0727. The van der Waals surface area contributed by atoms with E-state index in [1.165, 1.54) is 25.1 Å². The first-order valence-electron chi connectivity index (χ1n) is 19.1. The second-order valence-corrected chi connectivity index (χ2v) is 14.2.